The van der Waals surface area contributed by atoms with E-state index < -0.39 is 0 Å². The molecule has 0 saturated heterocycles. The molecule has 0 aromatic heterocycles. The van der Waals surface area contributed by atoms with Crippen LogP contribution in [0.3, 0.4) is 0 Å². The van der Waals surface area contributed by atoms with Crippen LogP contribution < -0.4 is 10.2 Å². The number of rotatable bonds is 9. The second kappa shape index (κ2) is 8.05. The first kappa shape index (κ1) is 16.6. The van der Waals surface area contributed by atoms with Crippen LogP contribution in [0.15, 0.2) is 18.2 Å². The zero-order chi connectivity index (χ0) is 15.2. The van der Waals surface area contributed by atoms with Crippen LogP contribution in [-0.2, 0) is 6.54 Å². The maximum atomic E-state index is 6.21. The first-order valence-electron chi connectivity index (χ1n) is 8.34. The van der Waals surface area contributed by atoms with Crippen LogP contribution in [0.5, 0.6) is 0 Å². The zero-order valence-electron chi connectivity index (χ0n) is 13.7. The van der Waals surface area contributed by atoms with Crippen molar-refractivity contribution in [2.75, 3.05) is 24.5 Å². The number of hydrogen-bond donors (Lipinski definition) is 1. The Kier molecular flexibility index (Phi) is 6.38. The molecule has 1 fully saturated rings. The molecular weight excluding hydrogens is 280 g/mol. The van der Waals surface area contributed by atoms with E-state index in [0.29, 0.717) is 5.92 Å². The molecule has 0 bridgehead atoms. The largest absolute Gasteiger partial charge is 0.371 e. The zero-order valence-corrected chi connectivity index (χ0v) is 14.4. The Labute approximate surface area is 134 Å². The summed E-state index contributed by atoms with van der Waals surface area (Å²) in [6.07, 6.45) is 3.98. The smallest absolute Gasteiger partial charge is 0.0412 e. The molecule has 1 aliphatic rings. The molecule has 0 amide bonds. The third-order valence-corrected chi connectivity index (χ3v) is 4.15. The Bertz CT molecular complexity index is 441. The average Bonchev–Trinajstić information content (AvgIpc) is 3.22. The van der Waals surface area contributed by atoms with Crippen LogP contribution in [-0.4, -0.2) is 19.6 Å². The molecule has 3 heteroatoms. The summed E-state index contributed by atoms with van der Waals surface area (Å²) in [5.41, 5.74) is 2.70. The highest BCUT2D eigenvalue weighted by Crippen LogP contribution is 2.33. The molecule has 0 atom stereocenters. The van der Waals surface area contributed by atoms with Crippen molar-refractivity contribution >= 4 is 17.3 Å². The van der Waals surface area contributed by atoms with Gasteiger partial charge in [-0.05, 0) is 61.4 Å². The van der Waals surface area contributed by atoms with Crippen molar-refractivity contribution in [3.63, 3.8) is 0 Å². The Hall–Kier alpha value is -0.730. The van der Waals surface area contributed by atoms with Gasteiger partial charge in [0, 0.05) is 30.3 Å². The molecular formula is C18H29ClN2. The molecule has 2 rings (SSSR count). The van der Waals surface area contributed by atoms with Gasteiger partial charge in [-0.1, -0.05) is 32.4 Å². The minimum absolute atomic E-state index is 0.672. The predicted molar refractivity (Wildman–Crippen MR) is 93.2 cm³/mol. The standard InChI is InChI=1S/C18H29ClN2/c1-4-9-21(13-15-5-6-15)18-8-7-17(19)10-16(18)12-20-11-14(2)3/h7-8,10,14-15,20H,4-6,9,11-13H2,1-3H3. The van der Waals surface area contributed by atoms with Crippen molar-refractivity contribution in [2.45, 2.75) is 46.6 Å². The second-order valence-electron chi connectivity index (χ2n) is 6.69. The van der Waals surface area contributed by atoms with Crippen molar-refractivity contribution in [2.24, 2.45) is 11.8 Å². The van der Waals surface area contributed by atoms with E-state index in [0.717, 1.165) is 30.6 Å². The van der Waals surface area contributed by atoms with Gasteiger partial charge >= 0.3 is 0 Å². The van der Waals surface area contributed by atoms with Crippen molar-refractivity contribution in [1.82, 2.24) is 5.32 Å². The quantitative estimate of drug-likeness (QED) is 0.710. The van der Waals surface area contributed by atoms with Gasteiger partial charge in [-0.3, -0.25) is 0 Å². The molecule has 0 spiro atoms. The number of anilines is 1. The van der Waals surface area contributed by atoms with Crippen LogP contribution in [0.4, 0.5) is 5.69 Å². The fourth-order valence-electron chi connectivity index (χ4n) is 2.69. The molecule has 1 saturated carbocycles. The Balaban J connectivity index is 2.10. The summed E-state index contributed by atoms with van der Waals surface area (Å²) in [7, 11) is 0. The van der Waals surface area contributed by atoms with Crippen LogP contribution >= 0.6 is 11.6 Å². The summed E-state index contributed by atoms with van der Waals surface area (Å²) < 4.78 is 0. The SMILES string of the molecule is CCCN(CC1CC1)c1ccc(Cl)cc1CNCC(C)C. The number of halogens is 1. The van der Waals surface area contributed by atoms with Gasteiger partial charge in [0.1, 0.15) is 0 Å². The number of benzene rings is 1. The van der Waals surface area contributed by atoms with Gasteiger partial charge in [0.05, 0.1) is 0 Å². The minimum Gasteiger partial charge on any atom is -0.371 e. The summed E-state index contributed by atoms with van der Waals surface area (Å²) in [6, 6.07) is 6.35. The van der Waals surface area contributed by atoms with Gasteiger partial charge in [0.25, 0.3) is 0 Å². The minimum atomic E-state index is 0.672. The van der Waals surface area contributed by atoms with E-state index in [9.17, 15) is 0 Å². The lowest BCUT2D eigenvalue weighted by atomic mass is 10.1. The van der Waals surface area contributed by atoms with Crippen molar-refractivity contribution in [3.8, 4) is 0 Å². The molecule has 0 aliphatic heterocycles. The van der Waals surface area contributed by atoms with Gasteiger partial charge in [-0.2, -0.15) is 0 Å². The van der Waals surface area contributed by atoms with E-state index in [4.69, 9.17) is 11.6 Å². The summed E-state index contributed by atoms with van der Waals surface area (Å²) in [6.45, 7) is 11.0. The maximum absolute atomic E-state index is 6.21. The Morgan fingerprint density at radius 2 is 2.10 bits per heavy atom. The lowest BCUT2D eigenvalue weighted by Crippen LogP contribution is -2.29. The van der Waals surface area contributed by atoms with E-state index in [1.54, 1.807) is 0 Å². The molecule has 118 valence electrons. The van der Waals surface area contributed by atoms with Crippen LogP contribution in [0.25, 0.3) is 0 Å². The van der Waals surface area contributed by atoms with Crippen molar-refractivity contribution in [3.05, 3.63) is 28.8 Å². The molecule has 0 radical (unpaired) electrons. The highest BCUT2D eigenvalue weighted by molar-refractivity contribution is 6.30. The molecule has 0 heterocycles. The highest BCUT2D eigenvalue weighted by atomic mass is 35.5. The van der Waals surface area contributed by atoms with Gasteiger partial charge < -0.3 is 10.2 Å². The third-order valence-electron chi connectivity index (χ3n) is 3.92. The molecule has 1 aliphatic carbocycles. The first-order valence-corrected chi connectivity index (χ1v) is 8.72. The second-order valence-corrected chi connectivity index (χ2v) is 7.12. The molecule has 1 aromatic carbocycles. The molecule has 2 nitrogen and oxygen atoms in total. The third kappa shape index (κ3) is 5.52. The fraction of sp³-hybridized carbons (Fsp3) is 0.667. The van der Waals surface area contributed by atoms with E-state index in [1.807, 2.05) is 6.07 Å². The van der Waals surface area contributed by atoms with Gasteiger partial charge in [-0.25, -0.2) is 0 Å². The molecule has 1 N–H and O–H groups in total. The lowest BCUT2D eigenvalue weighted by molar-refractivity contribution is 0.551. The summed E-state index contributed by atoms with van der Waals surface area (Å²) in [5, 5.41) is 4.39. The molecule has 21 heavy (non-hydrogen) atoms. The van der Waals surface area contributed by atoms with E-state index in [1.165, 1.54) is 37.1 Å². The van der Waals surface area contributed by atoms with Gasteiger partial charge in [-0.15, -0.1) is 0 Å². The maximum Gasteiger partial charge on any atom is 0.0412 e. The fourth-order valence-corrected chi connectivity index (χ4v) is 2.89. The summed E-state index contributed by atoms with van der Waals surface area (Å²) >= 11 is 6.21. The first-order chi connectivity index (χ1) is 10.1. The van der Waals surface area contributed by atoms with Crippen LogP contribution in [0.1, 0.15) is 45.6 Å². The van der Waals surface area contributed by atoms with Crippen molar-refractivity contribution < 1.29 is 0 Å². The Morgan fingerprint density at radius 1 is 1.33 bits per heavy atom. The van der Waals surface area contributed by atoms with E-state index in [2.05, 4.69) is 43.1 Å². The summed E-state index contributed by atoms with van der Waals surface area (Å²) in [4.78, 5) is 2.56. The summed E-state index contributed by atoms with van der Waals surface area (Å²) in [5.74, 6) is 1.58. The van der Waals surface area contributed by atoms with Gasteiger partial charge in [0.15, 0.2) is 0 Å². The van der Waals surface area contributed by atoms with E-state index >= 15 is 0 Å². The highest BCUT2D eigenvalue weighted by Gasteiger charge is 2.25. The lowest BCUT2D eigenvalue weighted by Gasteiger charge is -2.27. The monoisotopic (exact) mass is 308 g/mol. The van der Waals surface area contributed by atoms with Crippen LogP contribution in [0.2, 0.25) is 5.02 Å². The number of hydrogen-bond acceptors (Lipinski definition) is 2. The molecule has 0 unspecified atom stereocenters. The number of nitrogens with zero attached hydrogens (tertiary/aromatic N) is 1. The number of nitrogens with one attached hydrogen (secondary N) is 1. The topological polar surface area (TPSA) is 15.3 Å². The van der Waals surface area contributed by atoms with E-state index in [-0.39, 0.29) is 0 Å². The van der Waals surface area contributed by atoms with Gasteiger partial charge in [0.2, 0.25) is 0 Å². The normalized spacial score (nSPS) is 14.7. The Morgan fingerprint density at radius 3 is 2.71 bits per heavy atom. The molecule has 1 aromatic rings. The van der Waals surface area contributed by atoms with Crippen LogP contribution in [0, 0.1) is 11.8 Å². The van der Waals surface area contributed by atoms with Crippen molar-refractivity contribution in [1.29, 1.82) is 0 Å². The average molecular weight is 309 g/mol. The predicted octanol–water partition coefficient (Wildman–Crippen LogP) is 4.71.